The molecule has 452 valence electrons. The van der Waals surface area contributed by atoms with Crippen molar-refractivity contribution in [1.82, 2.24) is 40.6 Å². The second-order valence-electron chi connectivity index (χ2n) is 21.3. The first-order chi connectivity index (χ1) is 42.0. The summed E-state index contributed by atoms with van der Waals surface area (Å²) in [5.41, 5.74) is 11.4. The summed E-state index contributed by atoms with van der Waals surface area (Å²) in [7, 11) is 0. The van der Waals surface area contributed by atoms with E-state index in [1.54, 1.807) is 65.6 Å². The molecule has 6 heterocycles. The zero-order valence-electron chi connectivity index (χ0n) is 47.3. The fourth-order valence-electron chi connectivity index (χ4n) is 10.7. The van der Waals surface area contributed by atoms with Crippen molar-refractivity contribution in [3.8, 4) is 5.75 Å². The second kappa shape index (κ2) is 27.1. The van der Waals surface area contributed by atoms with Crippen LogP contribution in [0.5, 0.6) is 5.75 Å². The topological polar surface area (TPSA) is 320 Å². The van der Waals surface area contributed by atoms with Crippen molar-refractivity contribution < 1.29 is 57.4 Å². The lowest BCUT2D eigenvalue weighted by atomic mass is 9.97. The molecule has 0 radical (unpaired) electrons. The number of para-hydroxylation sites is 1. The number of aryl methyl sites for hydroxylation is 1. The molecule has 3 aliphatic heterocycles. The molecule has 87 heavy (non-hydrogen) atoms. The highest BCUT2D eigenvalue weighted by atomic mass is 35.5. The highest BCUT2D eigenvalue weighted by molar-refractivity contribution is 7.17. The first-order valence-corrected chi connectivity index (χ1v) is 29.8. The normalized spacial score (nSPS) is 15.0. The molecule has 3 aliphatic rings. The summed E-state index contributed by atoms with van der Waals surface area (Å²) in [5.74, 6) is -2.60. The van der Waals surface area contributed by atoms with Gasteiger partial charge in [-0.1, -0.05) is 36.8 Å². The van der Waals surface area contributed by atoms with Crippen LogP contribution in [-0.2, 0) is 35.3 Å². The van der Waals surface area contributed by atoms with Crippen molar-refractivity contribution >= 4 is 131 Å². The van der Waals surface area contributed by atoms with E-state index in [1.807, 2.05) is 36.6 Å². The van der Waals surface area contributed by atoms with E-state index in [0.29, 0.717) is 70.7 Å². The van der Waals surface area contributed by atoms with Gasteiger partial charge in [0.15, 0.2) is 5.75 Å². The van der Waals surface area contributed by atoms with E-state index in [-0.39, 0.29) is 112 Å². The quantitative estimate of drug-likeness (QED) is 0.0188. The summed E-state index contributed by atoms with van der Waals surface area (Å²) in [6, 6.07) is 23.0. The Morgan fingerprint density at radius 2 is 1.46 bits per heavy atom. The van der Waals surface area contributed by atoms with E-state index in [4.69, 9.17) is 26.8 Å². The minimum Gasteiger partial charge on any atom is -0.445 e. The fraction of sp³-hybridized carbons (Fsp3) is 0.311. The van der Waals surface area contributed by atoms with Gasteiger partial charge in [0.25, 0.3) is 23.6 Å². The van der Waals surface area contributed by atoms with Gasteiger partial charge in [-0.2, -0.15) is 0 Å². The van der Waals surface area contributed by atoms with Gasteiger partial charge in [-0.15, -0.1) is 22.9 Å². The van der Waals surface area contributed by atoms with E-state index in [1.165, 1.54) is 33.3 Å². The molecule has 0 bridgehead atoms. The van der Waals surface area contributed by atoms with Crippen molar-refractivity contribution in [2.75, 3.05) is 73.8 Å². The molecule has 0 unspecified atom stereocenters. The Morgan fingerprint density at radius 1 is 0.759 bits per heavy atom. The van der Waals surface area contributed by atoms with Crippen LogP contribution >= 0.6 is 22.9 Å². The van der Waals surface area contributed by atoms with Crippen LogP contribution in [0.3, 0.4) is 0 Å². The summed E-state index contributed by atoms with van der Waals surface area (Å²) in [6.07, 6.45) is 3.29. The number of nitrogens with one attached hydrogen (secondary N) is 7. The number of nitrogens with zero attached hydrogens (tertiary/aromatic N) is 4. The second-order valence-corrected chi connectivity index (χ2v) is 22.5. The lowest BCUT2D eigenvalue weighted by Crippen LogP contribution is -2.51. The molecule has 10 rings (SSSR count). The van der Waals surface area contributed by atoms with Crippen LogP contribution in [0.25, 0.3) is 31.9 Å². The maximum atomic E-state index is 14.5. The first kappa shape index (κ1) is 60.4. The highest BCUT2D eigenvalue weighted by Crippen LogP contribution is 2.49. The smallest absolute Gasteiger partial charge is 0.415 e. The molecule has 3 aromatic heterocycles. The van der Waals surface area contributed by atoms with Crippen LogP contribution in [0.2, 0.25) is 0 Å². The number of alkyl halides is 1. The summed E-state index contributed by atoms with van der Waals surface area (Å²) < 4.78 is 12.5. The number of fused-ring (bicyclic) bond motifs is 5. The van der Waals surface area contributed by atoms with Crippen LogP contribution in [0.4, 0.5) is 31.4 Å². The average Bonchev–Trinajstić information content (AvgIpc) is 2.19. The number of urea groups is 1. The van der Waals surface area contributed by atoms with Crippen LogP contribution < -0.4 is 42.0 Å². The molecule has 2 atom stereocenters. The third kappa shape index (κ3) is 14.3. The van der Waals surface area contributed by atoms with E-state index in [2.05, 4.69) is 36.6 Å². The Balaban J connectivity index is 0.694. The molecular weight excluding hydrogens is 1160 g/mol. The van der Waals surface area contributed by atoms with Crippen molar-refractivity contribution in [2.24, 2.45) is 5.73 Å². The summed E-state index contributed by atoms with van der Waals surface area (Å²) in [4.78, 5) is 141. The summed E-state index contributed by atoms with van der Waals surface area (Å²) in [5, 5.41) is 17.8. The molecule has 1 saturated heterocycles. The molecule has 1 fully saturated rings. The predicted octanol–water partition coefficient (Wildman–Crippen LogP) is 7.33. The van der Waals surface area contributed by atoms with Gasteiger partial charge in [0.05, 0.1) is 16.9 Å². The number of carbonyl (C=O) groups excluding carboxylic acids is 10. The number of halogens is 1. The molecule has 0 spiro atoms. The van der Waals surface area contributed by atoms with Gasteiger partial charge in [0.1, 0.15) is 24.0 Å². The maximum absolute atomic E-state index is 14.5. The zero-order chi connectivity index (χ0) is 61.3. The van der Waals surface area contributed by atoms with Gasteiger partial charge >= 0.3 is 18.2 Å². The Kier molecular flexibility index (Phi) is 18.8. The monoisotopic (exact) mass is 1220 g/mol. The number of carbonyl (C=O) groups is 10. The molecule has 24 nitrogen and oxygen atoms in total. The van der Waals surface area contributed by atoms with Gasteiger partial charge < -0.3 is 66.5 Å². The van der Waals surface area contributed by atoms with E-state index >= 15 is 0 Å². The van der Waals surface area contributed by atoms with Crippen molar-refractivity contribution in [3.05, 3.63) is 131 Å². The Morgan fingerprint density at radius 3 is 2.20 bits per heavy atom. The van der Waals surface area contributed by atoms with Crippen LogP contribution in [0, 0.1) is 6.92 Å². The minimum atomic E-state index is -1.05. The summed E-state index contributed by atoms with van der Waals surface area (Å²) >= 11 is 8.04. The molecule has 4 aromatic carbocycles. The van der Waals surface area contributed by atoms with Gasteiger partial charge in [-0.3, -0.25) is 38.5 Å². The van der Waals surface area contributed by atoms with Gasteiger partial charge in [0.2, 0.25) is 17.7 Å². The molecule has 26 heteroatoms. The lowest BCUT2D eigenvalue weighted by Gasteiger charge is -2.33. The number of rotatable bonds is 22. The number of benzene rings is 4. The van der Waals surface area contributed by atoms with E-state index in [0.717, 1.165) is 37.0 Å². The van der Waals surface area contributed by atoms with Crippen molar-refractivity contribution in [3.63, 3.8) is 0 Å². The number of nitrogens with two attached hydrogens (primary N) is 1. The average molecular weight is 1220 g/mol. The largest absolute Gasteiger partial charge is 0.445 e. The number of anilines is 3. The Bertz CT molecular complexity index is 3820. The van der Waals surface area contributed by atoms with Gasteiger partial charge in [-0.25, -0.2) is 14.4 Å². The van der Waals surface area contributed by atoms with Gasteiger partial charge in [-0.05, 0) is 103 Å². The summed E-state index contributed by atoms with van der Waals surface area (Å²) in [6.45, 7) is 2.78. The standard InChI is InChI=1S/C61H63ClN12O12S/c1-35-34-87-55-48(29-47-54(53(35)55)39(30-62)32-74(47)58(81)46-28-38-26-41(16-17-43(38)69-46)67-57(80)45-27-37-8-4-5-9-42(37)68-45)86-61(84)72-24-22-71(23-25-72)60(83)85-33-36-12-14-40(15-13-36)66-56(79)44(10-7-20-64-59(63)82)70-50(76)31-65-49(75)11-3-2-6-21-73-51(77)18-19-52(73)78/h4-5,8-9,12-19,26-29,34,39,44,68-69H,2-3,6-7,10-11,20-25,30-33H2,1H3,(H,65,75)(H,66,79)(H,67,80)(H,70,76)(H3,63,64,82)/t39-,44-/m0/s1. The molecule has 0 aliphatic carbocycles. The highest BCUT2D eigenvalue weighted by Gasteiger charge is 2.38. The Labute approximate surface area is 507 Å². The molecule has 11 amide bonds. The first-order valence-electron chi connectivity index (χ1n) is 28.4. The minimum absolute atomic E-state index is 0.0997. The van der Waals surface area contributed by atoms with Crippen LogP contribution in [0.1, 0.15) is 82.1 Å². The third-order valence-electron chi connectivity index (χ3n) is 15.3. The fourth-order valence-corrected chi connectivity index (χ4v) is 12.0. The number of thiophene rings is 1. The number of hydrogen-bond donors (Lipinski definition) is 8. The predicted molar refractivity (Wildman–Crippen MR) is 327 cm³/mol. The Hall–Kier alpha value is -9.75. The molecular formula is C61H63ClN12O12S. The number of imide groups is 1. The number of hydrogen-bond acceptors (Lipinski definition) is 13. The number of aromatic nitrogens is 2. The molecule has 7 aromatic rings. The SMILES string of the molecule is Cc1csc2c(OC(=O)N3CCN(C(=O)OCc4ccc(NC(=O)[C@H](CCCNC(N)=O)NC(=O)CNC(=O)CCCCCN5C(=O)C=CC5=O)cc4)CC3)cc3c(c12)[C@@H](CCl)CN3C(=O)c1cc2cc(NC(=O)c3cc4ccccc4[nH]3)ccc2[nH]1. The molecule has 9 N–H and O–H groups in total. The van der Waals surface area contributed by atoms with Crippen molar-refractivity contribution in [1.29, 1.82) is 0 Å². The van der Waals surface area contributed by atoms with Crippen molar-refractivity contribution in [2.45, 2.75) is 64.0 Å². The number of aromatic amines is 2. The van der Waals surface area contributed by atoms with E-state index in [9.17, 15) is 47.9 Å². The van der Waals surface area contributed by atoms with Crippen LogP contribution in [0.15, 0.2) is 102 Å². The molecule has 0 saturated carbocycles. The zero-order valence-corrected chi connectivity index (χ0v) is 48.9. The lowest BCUT2D eigenvalue weighted by molar-refractivity contribution is -0.137. The third-order valence-corrected chi connectivity index (χ3v) is 16.7. The van der Waals surface area contributed by atoms with E-state index < -0.39 is 42.6 Å². The van der Waals surface area contributed by atoms with Gasteiger partial charge in [0, 0.05) is 121 Å². The number of H-pyrrole nitrogens is 2. The van der Waals surface area contributed by atoms with Crippen LogP contribution in [-0.4, -0.2) is 149 Å². The number of amides is 11. The maximum Gasteiger partial charge on any atom is 0.415 e. The number of piperazine rings is 1. The number of ether oxygens (including phenoxy) is 2. The number of primary amides is 1. The number of unbranched alkanes of at least 4 members (excludes halogenated alkanes) is 2.